The summed E-state index contributed by atoms with van der Waals surface area (Å²) >= 11 is 0. The Labute approximate surface area is 172 Å². The summed E-state index contributed by atoms with van der Waals surface area (Å²) in [5.41, 5.74) is 2.48. The molecular weight excluding hydrogens is 391 g/mol. The number of nitrogens with zero attached hydrogens (tertiary/aromatic N) is 1. The van der Waals surface area contributed by atoms with Crippen LogP contribution >= 0.6 is 0 Å². The van der Waals surface area contributed by atoms with Crippen LogP contribution in [0, 0.1) is 12.7 Å². The van der Waals surface area contributed by atoms with Crippen LogP contribution in [-0.2, 0) is 20.4 Å². The van der Waals surface area contributed by atoms with Gasteiger partial charge in [-0.25, -0.2) is 12.8 Å². The molecule has 0 fully saturated rings. The molecule has 2 aromatic carbocycles. The Morgan fingerprint density at radius 1 is 1.14 bits per heavy atom. The minimum atomic E-state index is -3.55. The molecule has 0 heterocycles. The number of amides is 1. The third-order valence-corrected chi connectivity index (χ3v) is 6.23. The highest BCUT2D eigenvalue weighted by Crippen LogP contribution is 2.16. The van der Waals surface area contributed by atoms with Crippen molar-refractivity contribution in [1.82, 2.24) is 5.32 Å². The van der Waals surface area contributed by atoms with E-state index < -0.39 is 21.4 Å². The molecule has 0 aromatic heterocycles. The van der Waals surface area contributed by atoms with Crippen molar-refractivity contribution in [2.75, 3.05) is 30.3 Å². The van der Waals surface area contributed by atoms with Gasteiger partial charge in [-0.3, -0.25) is 4.79 Å². The number of halogens is 1. The lowest BCUT2D eigenvalue weighted by Gasteiger charge is -2.23. The van der Waals surface area contributed by atoms with Gasteiger partial charge in [0.2, 0.25) is 5.91 Å². The van der Waals surface area contributed by atoms with Gasteiger partial charge in [0, 0.05) is 37.3 Å². The van der Waals surface area contributed by atoms with Crippen molar-refractivity contribution >= 4 is 21.4 Å². The van der Waals surface area contributed by atoms with E-state index in [9.17, 15) is 17.6 Å². The molecule has 0 unspecified atom stereocenters. The van der Waals surface area contributed by atoms with Crippen LogP contribution < -0.4 is 10.2 Å². The third-order valence-electron chi connectivity index (χ3n) is 4.65. The number of rotatable bonds is 11. The fraction of sp³-hybridized carbons (Fsp3) is 0.409. The molecule has 2 rings (SSSR count). The summed E-state index contributed by atoms with van der Waals surface area (Å²) in [6.07, 6.45) is 0.641. The summed E-state index contributed by atoms with van der Waals surface area (Å²) < 4.78 is 37.9. The van der Waals surface area contributed by atoms with E-state index >= 15 is 0 Å². The average molecular weight is 421 g/mol. The molecule has 0 saturated carbocycles. The van der Waals surface area contributed by atoms with E-state index in [2.05, 4.69) is 42.3 Å². The number of carbonyl (C=O) groups excluding carboxylic acids is 1. The van der Waals surface area contributed by atoms with Crippen LogP contribution in [0.4, 0.5) is 10.1 Å². The zero-order valence-corrected chi connectivity index (χ0v) is 17.8. The van der Waals surface area contributed by atoms with Crippen molar-refractivity contribution in [3.8, 4) is 0 Å². The second-order valence-electron chi connectivity index (χ2n) is 7.06. The molecular formula is C22H29FN2O3S. The van der Waals surface area contributed by atoms with E-state index in [4.69, 9.17) is 0 Å². The molecule has 158 valence electrons. The van der Waals surface area contributed by atoms with Gasteiger partial charge in [0.1, 0.15) is 5.82 Å². The molecule has 0 radical (unpaired) electrons. The standard InChI is InChI=1S/C22H29FN2O3S/c1-3-25(20-10-6-8-18(2)16-20)14-7-13-24-22(26)12-15-29(27,28)17-19-9-4-5-11-21(19)23/h4-6,8-11,16H,3,7,12-15,17H2,1-2H3,(H,24,26). The molecule has 0 bridgehead atoms. The van der Waals surface area contributed by atoms with E-state index in [-0.39, 0.29) is 23.6 Å². The number of aryl methyl sites for hydroxylation is 1. The van der Waals surface area contributed by atoms with Crippen molar-refractivity contribution in [2.45, 2.75) is 32.4 Å². The van der Waals surface area contributed by atoms with Crippen molar-refractivity contribution < 1.29 is 17.6 Å². The molecule has 2 aromatic rings. The molecule has 0 aliphatic rings. The molecule has 5 nitrogen and oxygen atoms in total. The SMILES string of the molecule is CCN(CCCNC(=O)CCS(=O)(=O)Cc1ccccc1F)c1cccc(C)c1. The fourth-order valence-electron chi connectivity index (χ4n) is 3.05. The summed E-state index contributed by atoms with van der Waals surface area (Å²) in [5, 5.41) is 2.77. The van der Waals surface area contributed by atoms with Gasteiger partial charge in [-0.05, 0) is 44.0 Å². The summed E-state index contributed by atoms with van der Waals surface area (Å²) in [4.78, 5) is 14.2. The van der Waals surface area contributed by atoms with Crippen molar-refractivity contribution in [1.29, 1.82) is 0 Å². The van der Waals surface area contributed by atoms with Crippen LogP contribution in [0.5, 0.6) is 0 Å². The quantitative estimate of drug-likeness (QED) is 0.565. The first-order valence-corrected chi connectivity index (χ1v) is 11.6. The predicted molar refractivity (Wildman–Crippen MR) is 115 cm³/mol. The lowest BCUT2D eigenvalue weighted by atomic mass is 10.2. The number of nitrogens with one attached hydrogen (secondary N) is 1. The molecule has 1 N–H and O–H groups in total. The summed E-state index contributed by atoms with van der Waals surface area (Å²) in [5.74, 6) is -1.54. The molecule has 0 atom stereocenters. The number of carbonyl (C=O) groups is 1. The Kier molecular flexibility index (Phi) is 8.64. The highest BCUT2D eigenvalue weighted by molar-refractivity contribution is 7.90. The van der Waals surface area contributed by atoms with Gasteiger partial charge >= 0.3 is 0 Å². The minimum absolute atomic E-state index is 0.119. The number of sulfone groups is 1. The number of hydrogen-bond acceptors (Lipinski definition) is 4. The highest BCUT2D eigenvalue weighted by atomic mass is 32.2. The lowest BCUT2D eigenvalue weighted by molar-refractivity contribution is -0.120. The van der Waals surface area contributed by atoms with Gasteiger partial charge in [-0.15, -0.1) is 0 Å². The van der Waals surface area contributed by atoms with Gasteiger partial charge in [0.05, 0.1) is 11.5 Å². The Morgan fingerprint density at radius 2 is 1.90 bits per heavy atom. The van der Waals surface area contributed by atoms with E-state index in [0.29, 0.717) is 6.54 Å². The molecule has 7 heteroatoms. The molecule has 0 saturated heterocycles. The van der Waals surface area contributed by atoms with Crippen LogP contribution in [0.3, 0.4) is 0 Å². The monoisotopic (exact) mass is 420 g/mol. The summed E-state index contributed by atoms with van der Waals surface area (Å²) in [6.45, 7) is 6.28. The van der Waals surface area contributed by atoms with Gasteiger partial charge in [0.15, 0.2) is 9.84 Å². The average Bonchev–Trinajstić information content (AvgIpc) is 2.68. The maximum atomic E-state index is 13.6. The highest BCUT2D eigenvalue weighted by Gasteiger charge is 2.16. The predicted octanol–water partition coefficient (Wildman–Crippen LogP) is 3.47. The Hall–Kier alpha value is -2.41. The maximum Gasteiger partial charge on any atom is 0.221 e. The minimum Gasteiger partial charge on any atom is -0.372 e. The van der Waals surface area contributed by atoms with E-state index in [1.807, 2.05) is 6.07 Å². The number of hydrogen-bond donors (Lipinski definition) is 1. The third kappa shape index (κ3) is 7.85. The first-order chi connectivity index (χ1) is 13.8. The number of anilines is 1. The molecule has 0 aliphatic heterocycles. The Balaban J connectivity index is 1.72. The van der Waals surface area contributed by atoms with Crippen LogP contribution in [-0.4, -0.2) is 39.7 Å². The van der Waals surface area contributed by atoms with Gasteiger partial charge in [-0.2, -0.15) is 0 Å². The maximum absolute atomic E-state index is 13.6. The van der Waals surface area contributed by atoms with Gasteiger partial charge < -0.3 is 10.2 Å². The second-order valence-corrected chi connectivity index (χ2v) is 9.24. The van der Waals surface area contributed by atoms with Crippen molar-refractivity contribution in [3.05, 3.63) is 65.5 Å². The first kappa shape index (κ1) is 22.9. The van der Waals surface area contributed by atoms with Gasteiger partial charge in [0.25, 0.3) is 0 Å². The second kappa shape index (κ2) is 11.0. The molecule has 1 amide bonds. The van der Waals surface area contributed by atoms with Crippen LogP contribution in [0.1, 0.15) is 30.9 Å². The lowest BCUT2D eigenvalue weighted by Crippen LogP contribution is -2.30. The largest absolute Gasteiger partial charge is 0.372 e. The van der Waals surface area contributed by atoms with E-state index in [1.54, 1.807) is 6.07 Å². The number of benzene rings is 2. The smallest absolute Gasteiger partial charge is 0.221 e. The normalized spacial score (nSPS) is 11.3. The first-order valence-electron chi connectivity index (χ1n) is 9.83. The fourth-order valence-corrected chi connectivity index (χ4v) is 4.40. The van der Waals surface area contributed by atoms with Crippen LogP contribution in [0.2, 0.25) is 0 Å². The zero-order valence-electron chi connectivity index (χ0n) is 17.0. The van der Waals surface area contributed by atoms with Crippen LogP contribution in [0.15, 0.2) is 48.5 Å². The topological polar surface area (TPSA) is 66.5 Å². The zero-order chi connectivity index (χ0) is 21.3. The van der Waals surface area contributed by atoms with Crippen LogP contribution in [0.25, 0.3) is 0 Å². The van der Waals surface area contributed by atoms with Crippen molar-refractivity contribution in [3.63, 3.8) is 0 Å². The summed E-state index contributed by atoms with van der Waals surface area (Å²) in [7, 11) is -3.55. The van der Waals surface area contributed by atoms with Gasteiger partial charge in [-0.1, -0.05) is 30.3 Å². The van der Waals surface area contributed by atoms with E-state index in [0.717, 1.165) is 25.2 Å². The van der Waals surface area contributed by atoms with Crippen molar-refractivity contribution in [2.24, 2.45) is 0 Å². The van der Waals surface area contributed by atoms with E-state index in [1.165, 1.54) is 23.8 Å². The molecule has 0 spiro atoms. The molecule has 29 heavy (non-hydrogen) atoms. The summed E-state index contributed by atoms with van der Waals surface area (Å²) in [6, 6.07) is 14.1. The molecule has 0 aliphatic carbocycles. The Morgan fingerprint density at radius 3 is 2.59 bits per heavy atom. The Bertz CT molecular complexity index is 916.